The summed E-state index contributed by atoms with van der Waals surface area (Å²) in [6, 6.07) is 9.88. The van der Waals surface area contributed by atoms with Crippen molar-refractivity contribution in [3.63, 3.8) is 0 Å². The third-order valence-electron chi connectivity index (χ3n) is 2.41. The summed E-state index contributed by atoms with van der Waals surface area (Å²) in [5.41, 5.74) is 0.782. The van der Waals surface area contributed by atoms with Crippen LogP contribution in [-0.4, -0.2) is 22.0 Å². The number of rotatable bonds is 4. The summed E-state index contributed by atoms with van der Waals surface area (Å²) in [4.78, 5) is 26.8. The van der Waals surface area contributed by atoms with E-state index in [2.05, 4.69) is 10.3 Å². The number of halogens is 1. The summed E-state index contributed by atoms with van der Waals surface area (Å²) < 4.78 is 0. The van der Waals surface area contributed by atoms with Gasteiger partial charge in [-0.15, -0.1) is 0 Å². The van der Waals surface area contributed by atoms with Crippen molar-refractivity contribution in [1.82, 2.24) is 4.98 Å². The van der Waals surface area contributed by atoms with Crippen LogP contribution in [0.4, 0.5) is 5.69 Å². The molecule has 0 bridgehead atoms. The molecule has 0 aliphatic carbocycles. The highest BCUT2D eigenvalue weighted by Crippen LogP contribution is 2.29. The van der Waals surface area contributed by atoms with Crippen LogP contribution in [0.15, 0.2) is 46.3 Å². The molecule has 0 fully saturated rings. The third kappa shape index (κ3) is 4.47. The first-order valence-corrected chi connectivity index (χ1v) is 7.10. The maximum atomic E-state index is 11.0. The SMILES string of the molecule is CC(=O)Nc1ccc(Sc2cc(C(=O)O)cc(Cl)n2)cc1. The molecule has 5 nitrogen and oxygen atoms in total. The summed E-state index contributed by atoms with van der Waals surface area (Å²) in [6.45, 7) is 1.44. The zero-order valence-electron chi connectivity index (χ0n) is 11.0. The second kappa shape index (κ2) is 6.60. The van der Waals surface area contributed by atoms with Crippen LogP contribution in [0, 0.1) is 0 Å². The van der Waals surface area contributed by atoms with E-state index in [1.54, 1.807) is 24.3 Å². The van der Waals surface area contributed by atoms with E-state index < -0.39 is 5.97 Å². The fourth-order valence-electron chi connectivity index (χ4n) is 1.58. The highest BCUT2D eigenvalue weighted by Gasteiger charge is 2.09. The van der Waals surface area contributed by atoms with Crippen LogP contribution in [0.1, 0.15) is 17.3 Å². The van der Waals surface area contributed by atoms with Crippen LogP contribution in [0.2, 0.25) is 5.15 Å². The Bertz CT molecular complexity index is 689. The number of nitrogens with one attached hydrogen (secondary N) is 1. The zero-order chi connectivity index (χ0) is 15.4. The molecule has 108 valence electrons. The smallest absolute Gasteiger partial charge is 0.335 e. The van der Waals surface area contributed by atoms with E-state index in [0.717, 1.165) is 4.90 Å². The summed E-state index contributed by atoms with van der Waals surface area (Å²) in [5, 5.41) is 12.3. The average Bonchev–Trinajstić information content (AvgIpc) is 2.39. The Morgan fingerprint density at radius 2 is 1.90 bits per heavy atom. The molecule has 0 saturated heterocycles. The van der Waals surface area contributed by atoms with E-state index in [1.165, 1.54) is 30.8 Å². The van der Waals surface area contributed by atoms with Gasteiger partial charge in [-0.05, 0) is 36.4 Å². The van der Waals surface area contributed by atoms with E-state index in [1.807, 2.05) is 0 Å². The monoisotopic (exact) mass is 322 g/mol. The topological polar surface area (TPSA) is 79.3 Å². The van der Waals surface area contributed by atoms with Crippen molar-refractivity contribution in [3.05, 3.63) is 47.1 Å². The lowest BCUT2D eigenvalue weighted by molar-refractivity contribution is -0.114. The molecular weight excluding hydrogens is 312 g/mol. The molecule has 0 atom stereocenters. The number of pyridine rings is 1. The molecule has 0 aliphatic heterocycles. The van der Waals surface area contributed by atoms with Gasteiger partial charge < -0.3 is 10.4 Å². The lowest BCUT2D eigenvalue weighted by Crippen LogP contribution is -2.05. The molecule has 1 aromatic heterocycles. The van der Waals surface area contributed by atoms with Crippen molar-refractivity contribution in [2.24, 2.45) is 0 Å². The molecule has 7 heteroatoms. The van der Waals surface area contributed by atoms with Gasteiger partial charge in [-0.25, -0.2) is 9.78 Å². The average molecular weight is 323 g/mol. The van der Waals surface area contributed by atoms with E-state index >= 15 is 0 Å². The fourth-order valence-corrected chi connectivity index (χ4v) is 2.68. The number of amides is 1. The van der Waals surface area contributed by atoms with Crippen molar-refractivity contribution in [3.8, 4) is 0 Å². The van der Waals surface area contributed by atoms with Crippen LogP contribution in [-0.2, 0) is 4.79 Å². The summed E-state index contributed by atoms with van der Waals surface area (Å²) in [5.74, 6) is -1.19. The van der Waals surface area contributed by atoms with Gasteiger partial charge >= 0.3 is 5.97 Å². The molecule has 0 saturated carbocycles. The molecule has 0 aliphatic rings. The van der Waals surface area contributed by atoms with Gasteiger partial charge in [-0.3, -0.25) is 4.79 Å². The number of hydrogen-bond donors (Lipinski definition) is 2. The predicted octanol–water partition coefficient (Wildman–Crippen LogP) is 3.54. The number of hydrogen-bond acceptors (Lipinski definition) is 4. The number of nitrogens with zero attached hydrogens (tertiary/aromatic N) is 1. The van der Waals surface area contributed by atoms with Crippen molar-refractivity contribution in [2.45, 2.75) is 16.8 Å². The Morgan fingerprint density at radius 3 is 2.48 bits per heavy atom. The molecule has 0 spiro atoms. The third-order valence-corrected chi connectivity index (χ3v) is 3.53. The molecule has 2 aromatic rings. The van der Waals surface area contributed by atoms with Gasteiger partial charge in [0.15, 0.2) is 0 Å². The Hall–Kier alpha value is -2.05. The number of carbonyl (C=O) groups is 2. The first-order valence-electron chi connectivity index (χ1n) is 5.90. The summed E-state index contributed by atoms with van der Waals surface area (Å²) >= 11 is 7.10. The fraction of sp³-hybridized carbons (Fsp3) is 0.0714. The van der Waals surface area contributed by atoms with Gasteiger partial charge in [-0.2, -0.15) is 0 Å². The zero-order valence-corrected chi connectivity index (χ0v) is 12.5. The van der Waals surface area contributed by atoms with Crippen LogP contribution in [0.3, 0.4) is 0 Å². The van der Waals surface area contributed by atoms with Gasteiger partial charge in [-0.1, -0.05) is 23.4 Å². The molecule has 0 unspecified atom stereocenters. The number of aromatic nitrogens is 1. The lowest BCUT2D eigenvalue weighted by atomic mass is 10.3. The minimum Gasteiger partial charge on any atom is -0.478 e. The summed E-state index contributed by atoms with van der Waals surface area (Å²) in [6.07, 6.45) is 0. The largest absolute Gasteiger partial charge is 0.478 e. The summed E-state index contributed by atoms with van der Waals surface area (Å²) in [7, 11) is 0. The number of carboxylic acids is 1. The van der Waals surface area contributed by atoms with Gasteiger partial charge in [0, 0.05) is 17.5 Å². The minimum atomic E-state index is -1.05. The van der Waals surface area contributed by atoms with Gasteiger partial charge in [0.05, 0.1) is 5.56 Å². The lowest BCUT2D eigenvalue weighted by Gasteiger charge is -2.05. The first kappa shape index (κ1) is 15.3. The number of carboxylic acid groups (broad SMARTS) is 1. The molecule has 2 N–H and O–H groups in total. The van der Waals surface area contributed by atoms with Crippen LogP contribution >= 0.6 is 23.4 Å². The molecule has 1 amide bonds. The molecule has 0 radical (unpaired) electrons. The first-order chi connectivity index (χ1) is 9.94. The van der Waals surface area contributed by atoms with Gasteiger partial charge in [0.2, 0.25) is 5.91 Å². The molecule has 1 heterocycles. The quantitative estimate of drug-likeness (QED) is 0.842. The van der Waals surface area contributed by atoms with Crippen LogP contribution in [0.25, 0.3) is 0 Å². The Balaban J connectivity index is 2.18. The van der Waals surface area contributed by atoms with Crippen molar-refractivity contribution in [2.75, 3.05) is 5.32 Å². The Kier molecular flexibility index (Phi) is 4.82. The minimum absolute atomic E-state index is 0.0902. The Labute approximate surface area is 130 Å². The predicted molar refractivity (Wildman–Crippen MR) is 81.1 cm³/mol. The highest BCUT2D eigenvalue weighted by atomic mass is 35.5. The number of carbonyl (C=O) groups excluding carboxylic acids is 1. The molecule has 1 aromatic carbocycles. The normalized spacial score (nSPS) is 10.2. The van der Waals surface area contributed by atoms with E-state index in [0.29, 0.717) is 10.7 Å². The van der Waals surface area contributed by atoms with Crippen molar-refractivity contribution in [1.29, 1.82) is 0 Å². The number of benzene rings is 1. The second-order valence-corrected chi connectivity index (χ2v) is 5.61. The Morgan fingerprint density at radius 1 is 1.24 bits per heavy atom. The molecule has 21 heavy (non-hydrogen) atoms. The number of aromatic carboxylic acids is 1. The second-order valence-electron chi connectivity index (χ2n) is 4.13. The molecule has 2 rings (SSSR count). The highest BCUT2D eigenvalue weighted by molar-refractivity contribution is 7.99. The maximum absolute atomic E-state index is 11.0. The standard InChI is InChI=1S/C14H11ClN2O3S/c1-8(18)16-10-2-4-11(5-3-10)21-13-7-9(14(19)20)6-12(15)17-13/h2-7H,1H3,(H,16,18)(H,19,20). The van der Waals surface area contributed by atoms with Gasteiger partial charge in [0.1, 0.15) is 10.2 Å². The van der Waals surface area contributed by atoms with Crippen molar-refractivity contribution < 1.29 is 14.7 Å². The van der Waals surface area contributed by atoms with E-state index in [9.17, 15) is 9.59 Å². The number of anilines is 1. The van der Waals surface area contributed by atoms with Crippen molar-refractivity contribution >= 4 is 40.9 Å². The van der Waals surface area contributed by atoms with Gasteiger partial charge in [0.25, 0.3) is 0 Å². The van der Waals surface area contributed by atoms with Crippen LogP contribution in [0.5, 0.6) is 0 Å². The maximum Gasteiger partial charge on any atom is 0.335 e. The van der Waals surface area contributed by atoms with Crippen LogP contribution < -0.4 is 5.32 Å². The molecular formula is C14H11ClN2O3S. The van der Waals surface area contributed by atoms with E-state index in [4.69, 9.17) is 16.7 Å². The van der Waals surface area contributed by atoms with E-state index in [-0.39, 0.29) is 16.6 Å².